The van der Waals surface area contributed by atoms with Crippen LogP contribution in [0.25, 0.3) is 10.9 Å². The number of rotatable bonds is 7. The number of aromatic nitrogens is 1. The van der Waals surface area contributed by atoms with E-state index in [0.29, 0.717) is 0 Å². The van der Waals surface area contributed by atoms with E-state index in [-0.39, 0.29) is 6.04 Å². The Morgan fingerprint density at radius 1 is 1.08 bits per heavy atom. The van der Waals surface area contributed by atoms with E-state index in [1.165, 1.54) is 22.0 Å². The molecule has 1 aromatic heterocycles. The summed E-state index contributed by atoms with van der Waals surface area (Å²) >= 11 is 0. The zero-order valence-electron chi connectivity index (χ0n) is 14.5. The van der Waals surface area contributed by atoms with Gasteiger partial charge in [0.2, 0.25) is 0 Å². The van der Waals surface area contributed by atoms with Gasteiger partial charge in [-0.1, -0.05) is 24.3 Å². The minimum Gasteiger partial charge on any atom is -0.497 e. The number of ether oxygens (including phenoxy) is 1. The quantitative estimate of drug-likeness (QED) is 0.698. The molecule has 0 spiro atoms. The third-order valence-electron chi connectivity index (χ3n) is 4.29. The van der Waals surface area contributed by atoms with Gasteiger partial charge in [0.1, 0.15) is 5.75 Å². The van der Waals surface area contributed by atoms with Gasteiger partial charge in [-0.05, 0) is 49.5 Å². The summed E-state index contributed by atoms with van der Waals surface area (Å²) in [5, 5.41) is 4.99. The summed E-state index contributed by atoms with van der Waals surface area (Å²) in [4.78, 5) is 5.48. The van der Waals surface area contributed by atoms with Crippen molar-refractivity contribution >= 4 is 10.9 Å². The van der Waals surface area contributed by atoms with Crippen LogP contribution in [0, 0.1) is 0 Å². The second kappa shape index (κ2) is 7.51. The van der Waals surface area contributed by atoms with Crippen molar-refractivity contribution in [3.05, 3.63) is 65.9 Å². The fourth-order valence-corrected chi connectivity index (χ4v) is 3.03. The van der Waals surface area contributed by atoms with E-state index in [0.717, 1.165) is 18.8 Å². The van der Waals surface area contributed by atoms with Gasteiger partial charge in [-0.25, -0.2) is 0 Å². The smallest absolute Gasteiger partial charge is 0.118 e. The van der Waals surface area contributed by atoms with Crippen molar-refractivity contribution in [1.82, 2.24) is 15.2 Å². The predicted octanol–water partition coefficient (Wildman–Crippen LogP) is 3.57. The lowest BCUT2D eigenvalue weighted by molar-refractivity contribution is 0.340. The molecule has 1 heterocycles. The maximum absolute atomic E-state index is 5.26. The first-order chi connectivity index (χ1) is 11.7. The summed E-state index contributed by atoms with van der Waals surface area (Å²) in [6.45, 7) is 1.77. The summed E-state index contributed by atoms with van der Waals surface area (Å²) in [7, 11) is 5.90. The van der Waals surface area contributed by atoms with Crippen LogP contribution in [0.5, 0.6) is 5.75 Å². The van der Waals surface area contributed by atoms with Crippen molar-refractivity contribution in [3.8, 4) is 5.75 Å². The molecule has 0 fully saturated rings. The van der Waals surface area contributed by atoms with Gasteiger partial charge in [0, 0.05) is 36.2 Å². The predicted molar refractivity (Wildman–Crippen MR) is 99.4 cm³/mol. The van der Waals surface area contributed by atoms with Gasteiger partial charge in [-0.2, -0.15) is 0 Å². The van der Waals surface area contributed by atoms with Crippen LogP contribution >= 0.6 is 0 Å². The summed E-state index contributed by atoms with van der Waals surface area (Å²) in [6.07, 6.45) is 1.99. The molecule has 0 aliphatic heterocycles. The summed E-state index contributed by atoms with van der Waals surface area (Å²) in [6, 6.07) is 17.1. The molecule has 24 heavy (non-hydrogen) atoms. The molecular formula is C20H25N3O. The van der Waals surface area contributed by atoms with Gasteiger partial charge < -0.3 is 19.9 Å². The molecule has 0 bridgehead atoms. The van der Waals surface area contributed by atoms with Crippen molar-refractivity contribution in [2.75, 3.05) is 27.7 Å². The molecule has 0 aliphatic carbocycles. The molecule has 0 amide bonds. The lowest BCUT2D eigenvalue weighted by Crippen LogP contribution is -2.31. The number of fused-ring (bicyclic) bond motifs is 1. The number of hydrogen-bond donors (Lipinski definition) is 2. The Hall–Kier alpha value is -2.30. The third kappa shape index (κ3) is 3.78. The van der Waals surface area contributed by atoms with Gasteiger partial charge in [0.05, 0.1) is 7.11 Å². The number of H-pyrrole nitrogens is 1. The number of nitrogens with zero attached hydrogens (tertiary/aromatic N) is 1. The normalized spacial score (nSPS) is 12.7. The van der Waals surface area contributed by atoms with Crippen LogP contribution in [-0.4, -0.2) is 37.6 Å². The highest BCUT2D eigenvalue weighted by atomic mass is 16.5. The largest absolute Gasteiger partial charge is 0.497 e. The van der Waals surface area contributed by atoms with E-state index in [2.05, 4.69) is 65.7 Å². The summed E-state index contributed by atoms with van der Waals surface area (Å²) < 4.78 is 5.26. The fourth-order valence-electron chi connectivity index (χ4n) is 3.03. The monoisotopic (exact) mass is 323 g/mol. The first-order valence-corrected chi connectivity index (χ1v) is 8.24. The van der Waals surface area contributed by atoms with E-state index < -0.39 is 0 Å². The second-order valence-corrected chi connectivity index (χ2v) is 6.32. The molecule has 3 aromatic rings. The van der Waals surface area contributed by atoms with Gasteiger partial charge in [-0.15, -0.1) is 0 Å². The zero-order chi connectivity index (χ0) is 16.9. The lowest BCUT2D eigenvalue weighted by Gasteiger charge is -2.23. The van der Waals surface area contributed by atoms with E-state index in [1.807, 2.05) is 18.3 Å². The van der Waals surface area contributed by atoms with Crippen LogP contribution in [0.1, 0.15) is 17.2 Å². The minimum atomic E-state index is 0.264. The number of aromatic amines is 1. The molecule has 126 valence electrons. The van der Waals surface area contributed by atoms with Gasteiger partial charge in [0.15, 0.2) is 0 Å². The average Bonchev–Trinajstić information content (AvgIpc) is 3.07. The Morgan fingerprint density at radius 2 is 1.88 bits per heavy atom. The van der Waals surface area contributed by atoms with Crippen molar-refractivity contribution < 1.29 is 4.74 Å². The van der Waals surface area contributed by atoms with E-state index in [9.17, 15) is 0 Å². The molecule has 0 saturated heterocycles. The highest BCUT2D eigenvalue weighted by Crippen LogP contribution is 2.21. The van der Waals surface area contributed by atoms with Crippen LogP contribution < -0.4 is 10.1 Å². The Kier molecular flexibility index (Phi) is 5.18. The first-order valence-electron chi connectivity index (χ1n) is 8.24. The standard InChI is InChI=1S/C20H25N3O/c1-23(2)14-20(15-7-9-17(24-3)10-8-15)22-13-16-5-4-6-19-18(16)11-12-21-19/h4-12,20-22H,13-14H2,1-3H3/t20-/m0/s1. The Labute approximate surface area is 143 Å². The third-order valence-corrected chi connectivity index (χ3v) is 4.29. The highest BCUT2D eigenvalue weighted by Gasteiger charge is 2.13. The van der Waals surface area contributed by atoms with Crippen molar-refractivity contribution in [2.24, 2.45) is 0 Å². The number of hydrogen-bond acceptors (Lipinski definition) is 3. The molecule has 0 radical (unpaired) electrons. The van der Waals surface area contributed by atoms with Crippen LogP contribution in [0.2, 0.25) is 0 Å². The second-order valence-electron chi connectivity index (χ2n) is 6.32. The molecule has 2 aromatic carbocycles. The average molecular weight is 323 g/mol. The molecular weight excluding hydrogens is 298 g/mol. The van der Waals surface area contributed by atoms with Crippen LogP contribution in [-0.2, 0) is 6.54 Å². The van der Waals surface area contributed by atoms with Crippen molar-refractivity contribution in [2.45, 2.75) is 12.6 Å². The lowest BCUT2D eigenvalue weighted by atomic mass is 10.0. The Morgan fingerprint density at radius 3 is 2.58 bits per heavy atom. The van der Waals surface area contributed by atoms with Crippen LogP contribution in [0.3, 0.4) is 0 Å². The van der Waals surface area contributed by atoms with Crippen molar-refractivity contribution in [3.63, 3.8) is 0 Å². The molecule has 3 rings (SSSR count). The molecule has 1 atom stereocenters. The Balaban J connectivity index is 1.77. The molecule has 0 unspecified atom stereocenters. The zero-order valence-corrected chi connectivity index (χ0v) is 14.5. The topological polar surface area (TPSA) is 40.3 Å². The van der Waals surface area contributed by atoms with Crippen molar-refractivity contribution in [1.29, 1.82) is 0 Å². The SMILES string of the molecule is COc1ccc([C@H](CN(C)C)NCc2cccc3[nH]ccc23)cc1. The van der Waals surface area contributed by atoms with E-state index in [4.69, 9.17) is 4.74 Å². The molecule has 2 N–H and O–H groups in total. The summed E-state index contributed by atoms with van der Waals surface area (Å²) in [5.41, 5.74) is 3.76. The van der Waals surface area contributed by atoms with Gasteiger partial charge >= 0.3 is 0 Å². The fraction of sp³-hybridized carbons (Fsp3) is 0.300. The van der Waals surface area contributed by atoms with E-state index in [1.54, 1.807) is 7.11 Å². The first kappa shape index (κ1) is 16.6. The molecule has 4 heteroatoms. The molecule has 0 saturated carbocycles. The minimum absolute atomic E-state index is 0.264. The van der Waals surface area contributed by atoms with Gasteiger partial charge in [0.25, 0.3) is 0 Å². The Bertz CT molecular complexity index is 777. The number of methoxy groups -OCH3 is 1. The maximum Gasteiger partial charge on any atom is 0.118 e. The molecule has 0 aliphatic rings. The molecule has 4 nitrogen and oxygen atoms in total. The van der Waals surface area contributed by atoms with E-state index >= 15 is 0 Å². The van der Waals surface area contributed by atoms with Gasteiger partial charge in [-0.3, -0.25) is 0 Å². The van der Waals surface area contributed by atoms with Crippen LogP contribution in [0.4, 0.5) is 0 Å². The summed E-state index contributed by atoms with van der Waals surface area (Å²) in [5.74, 6) is 0.888. The number of nitrogens with one attached hydrogen (secondary N) is 2. The number of likely N-dealkylation sites (N-methyl/N-ethyl adjacent to an activating group) is 1. The number of benzene rings is 2. The van der Waals surface area contributed by atoms with Crippen LogP contribution in [0.15, 0.2) is 54.7 Å². The maximum atomic E-state index is 5.26. The highest BCUT2D eigenvalue weighted by molar-refractivity contribution is 5.82.